The van der Waals surface area contributed by atoms with E-state index in [4.69, 9.17) is 14.5 Å². The molecule has 1 atom stereocenters. The van der Waals surface area contributed by atoms with Gasteiger partial charge in [-0.25, -0.2) is 4.98 Å². The molecule has 3 aliphatic rings. The lowest BCUT2D eigenvalue weighted by molar-refractivity contribution is -0.117. The molecule has 4 heterocycles. The molecule has 5 rings (SSSR count). The van der Waals surface area contributed by atoms with Gasteiger partial charge in [-0.15, -0.1) is 14.1 Å². The number of rotatable bonds is 3. The van der Waals surface area contributed by atoms with Gasteiger partial charge in [0.2, 0.25) is 18.6 Å². The fourth-order valence-electron chi connectivity index (χ4n) is 4.60. The molecule has 1 aromatic carbocycles. The second-order valence-electron chi connectivity index (χ2n) is 9.19. The van der Waals surface area contributed by atoms with Gasteiger partial charge in [0, 0.05) is 24.8 Å². The fourth-order valence-corrected chi connectivity index (χ4v) is 7.62. The molecule has 1 unspecified atom stereocenters. The van der Waals surface area contributed by atoms with Crippen molar-refractivity contribution in [2.45, 2.75) is 44.6 Å². The van der Waals surface area contributed by atoms with Crippen LogP contribution >= 0.6 is 0 Å². The molecule has 0 saturated carbocycles. The standard InChI is InChI=1S/C21H27N5O3Si/c1-13-7-17-18(29-12-28-17)8-15(13)23-21-22-9-16-20(24-21)26(10-19(27)25(16)2)14-5-6-30(3,4)11-14/h7-9,14H,5-6,10-12H2,1-4H3,(H,22,23,24)/q-1. The lowest BCUT2D eigenvalue weighted by atomic mass is 10.1. The van der Waals surface area contributed by atoms with E-state index in [1.165, 1.54) is 12.1 Å². The van der Waals surface area contributed by atoms with Gasteiger partial charge in [0.05, 0.1) is 12.7 Å². The van der Waals surface area contributed by atoms with E-state index in [9.17, 15) is 4.79 Å². The van der Waals surface area contributed by atoms with Crippen molar-refractivity contribution in [1.82, 2.24) is 9.97 Å². The third kappa shape index (κ3) is 3.26. The number of likely N-dealkylation sites (N-methyl/N-ethyl adjacent to an activating group) is 1. The molecule has 0 radical (unpaired) electrons. The number of carbonyl (C=O) groups is 1. The van der Waals surface area contributed by atoms with Crippen LogP contribution in [0.4, 0.5) is 23.1 Å². The van der Waals surface area contributed by atoms with Crippen molar-refractivity contribution in [3.8, 4) is 11.5 Å². The average molecular weight is 426 g/mol. The number of ether oxygens (including phenoxy) is 2. The van der Waals surface area contributed by atoms with Crippen molar-refractivity contribution in [3.63, 3.8) is 0 Å². The Hall–Kier alpha value is -2.81. The highest BCUT2D eigenvalue weighted by Gasteiger charge is 2.36. The smallest absolute Gasteiger partial charge is 0.246 e. The monoisotopic (exact) mass is 425 g/mol. The van der Waals surface area contributed by atoms with Gasteiger partial charge in [-0.1, -0.05) is 6.42 Å². The molecular formula is C21H27N5O3Si-. The summed E-state index contributed by atoms with van der Waals surface area (Å²) in [7, 11) is 0.605. The summed E-state index contributed by atoms with van der Waals surface area (Å²) in [5.74, 6) is 2.90. The van der Waals surface area contributed by atoms with Gasteiger partial charge in [0.25, 0.3) is 0 Å². The normalized spacial score (nSPS) is 21.7. The number of hydrogen-bond acceptors (Lipinski definition) is 7. The minimum absolute atomic E-state index is 0.0878. The van der Waals surface area contributed by atoms with E-state index in [1.807, 2.05) is 19.1 Å². The molecule has 1 N–H and O–H groups in total. The van der Waals surface area contributed by atoms with E-state index in [1.54, 1.807) is 18.1 Å². The molecule has 3 aliphatic heterocycles. The zero-order valence-corrected chi connectivity index (χ0v) is 18.9. The second kappa shape index (κ2) is 6.87. The first-order chi connectivity index (χ1) is 14.3. The summed E-state index contributed by atoms with van der Waals surface area (Å²) in [4.78, 5) is 25.8. The number of benzene rings is 1. The Morgan fingerprint density at radius 1 is 1.23 bits per heavy atom. The van der Waals surface area contributed by atoms with Crippen LogP contribution in [0.1, 0.15) is 12.0 Å². The maximum Gasteiger partial charge on any atom is 0.246 e. The van der Waals surface area contributed by atoms with Gasteiger partial charge < -0.3 is 24.6 Å². The summed E-state index contributed by atoms with van der Waals surface area (Å²) in [5, 5.41) is 3.33. The van der Waals surface area contributed by atoms with Crippen molar-refractivity contribution in [1.29, 1.82) is 0 Å². The first-order valence-electron chi connectivity index (χ1n) is 10.4. The maximum absolute atomic E-state index is 12.6. The Morgan fingerprint density at radius 2 is 2.00 bits per heavy atom. The predicted octanol–water partition coefficient (Wildman–Crippen LogP) is 3.52. The molecule has 1 fully saturated rings. The van der Waals surface area contributed by atoms with Gasteiger partial charge in [-0.05, 0) is 18.6 Å². The summed E-state index contributed by atoms with van der Waals surface area (Å²) in [6, 6.07) is 6.72. The van der Waals surface area contributed by atoms with Crippen LogP contribution in [0.15, 0.2) is 18.3 Å². The number of amides is 1. The molecule has 0 aliphatic carbocycles. The molecule has 30 heavy (non-hydrogen) atoms. The van der Waals surface area contributed by atoms with Crippen molar-refractivity contribution < 1.29 is 14.3 Å². The van der Waals surface area contributed by atoms with E-state index in [0.29, 0.717) is 24.3 Å². The number of fused-ring (bicyclic) bond motifs is 2. The number of carbonyl (C=O) groups excluding carboxylic acids is 1. The van der Waals surface area contributed by atoms with Gasteiger partial charge >= 0.3 is 0 Å². The van der Waals surface area contributed by atoms with Gasteiger partial charge in [-0.2, -0.15) is 24.1 Å². The maximum atomic E-state index is 12.6. The molecular weight excluding hydrogens is 398 g/mol. The Balaban J connectivity index is 1.48. The summed E-state index contributed by atoms with van der Waals surface area (Å²) in [6.07, 6.45) is 2.87. The molecule has 0 bridgehead atoms. The van der Waals surface area contributed by atoms with Crippen molar-refractivity contribution in [2.75, 3.05) is 35.5 Å². The van der Waals surface area contributed by atoms with E-state index in [2.05, 4.69) is 28.3 Å². The average Bonchev–Trinajstić information content (AvgIpc) is 3.30. The van der Waals surface area contributed by atoms with Crippen molar-refractivity contribution >= 4 is 37.1 Å². The number of anilines is 4. The first-order valence-corrected chi connectivity index (χ1v) is 13.8. The molecule has 159 valence electrons. The zero-order chi connectivity index (χ0) is 21.0. The Morgan fingerprint density at radius 3 is 2.73 bits per heavy atom. The van der Waals surface area contributed by atoms with Crippen LogP contribution in [0.25, 0.3) is 0 Å². The molecule has 1 amide bonds. The molecule has 1 saturated heterocycles. The zero-order valence-electron chi connectivity index (χ0n) is 17.9. The first kappa shape index (κ1) is 19.2. The highest BCUT2D eigenvalue weighted by Crippen LogP contribution is 2.41. The van der Waals surface area contributed by atoms with Crippen LogP contribution in [0.5, 0.6) is 11.5 Å². The molecule has 8 nitrogen and oxygen atoms in total. The lowest BCUT2D eigenvalue weighted by Gasteiger charge is -2.39. The quantitative estimate of drug-likeness (QED) is 0.754. The van der Waals surface area contributed by atoms with Gasteiger partial charge in [-0.3, -0.25) is 4.79 Å². The predicted molar refractivity (Wildman–Crippen MR) is 119 cm³/mol. The number of nitrogens with one attached hydrogen (secondary N) is 1. The van der Waals surface area contributed by atoms with E-state index >= 15 is 0 Å². The number of aromatic nitrogens is 2. The summed E-state index contributed by atoms with van der Waals surface area (Å²) < 4.78 is 10.9. The minimum atomic E-state index is -1.19. The van der Waals surface area contributed by atoms with Crippen LogP contribution in [0.3, 0.4) is 0 Å². The van der Waals surface area contributed by atoms with Crippen LogP contribution < -0.4 is 24.6 Å². The Labute approximate surface area is 177 Å². The molecule has 9 heteroatoms. The van der Waals surface area contributed by atoms with E-state index in [0.717, 1.165) is 34.9 Å². The topological polar surface area (TPSA) is 79.8 Å². The Kier molecular flexibility index (Phi) is 4.39. The molecule has 2 aromatic rings. The van der Waals surface area contributed by atoms with Gasteiger partial charge in [0.15, 0.2) is 17.3 Å². The van der Waals surface area contributed by atoms with Crippen molar-refractivity contribution in [2.24, 2.45) is 0 Å². The fraction of sp³-hybridized carbons (Fsp3) is 0.476. The Bertz CT molecular complexity index is 1030. The summed E-state index contributed by atoms with van der Waals surface area (Å²) in [6.45, 7) is 7.48. The number of aryl methyl sites for hydroxylation is 1. The molecule has 0 spiro atoms. The molecule has 1 aromatic heterocycles. The third-order valence-corrected chi connectivity index (χ3v) is 9.63. The van der Waals surface area contributed by atoms with Crippen molar-refractivity contribution in [3.05, 3.63) is 23.9 Å². The third-order valence-electron chi connectivity index (χ3n) is 6.41. The van der Waals surface area contributed by atoms with E-state index in [-0.39, 0.29) is 12.7 Å². The number of hydrogen-bond donors (Lipinski definition) is 1. The summed E-state index contributed by atoms with van der Waals surface area (Å²) >= 11 is 0. The van der Waals surface area contributed by atoms with Gasteiger partial charge in [0.1, 0.15) is 5.69 Å². The highest BCUT2D eigenvalue weighted by molar-refractivity contribution is 6.78. The largest absolute Gasteiger partial charge is 0.454 e. The lowest BCUT2D eigenvalue weighted by Crippen LogP contribution is -2.48. The second-order valence-corrected chi connectivity index (χ2v) is 14.4. The van der Waals surface area contributed by atoms with Crippen LogP contribution in [0.2, 0.25) is 25.2 Å². The van der Waals surface area contributed by atoms with Crippen LogP contribution in [-0.2, 0) is 4.79 Å². The highest BCUT2D eigenvalue weighted by atomic mass is 28.3. The van der Waals surface area contributed by atoms with E-state index < -0.39 is 8.07 Å². The minimum Gasteiger partial charge on any atom is -0.454 e. The van der Waals surface area contributed by atoms with Crippen LogP contribution in [-0.4, -0.2) is 50.4 Å². The number of nitrogens with zero attached hydrogens (tertiary/aromatic N) is 4. The van der Waals surface area contributed by atoms with Crippen LogP contribution in [0, 0.1) is 6.92 Å². The summed E-state index contributed by atoms with van der Waals surface area (Å²) in [5.41, 5.74) is 2.67. The SMILES string of the molecule is Cc1cc2c(cc1Nc1ncc3c(n1)N(C1CC[Si-](C)(C)C1)CC(=O)N3C)OCO2.